The van der Waals surface area contributed by atoms with Crippen molar-refractivity contribution in [2.24, 2.45) is 5.73 Å². The number of rotatable bonds is 3. The minimum absolute atomic E-state index is 0.577. The van der Waals surface area contributed by atoms with Crippen LogP contribution in [0.15, 0.2) is 12.7 Å². The van der Waals surface area contributed by atoms with Crippen molar-refractivity contribution in [3.8, 4) is 0 Å². The van der Waals surface area contributed by atoms with Crippen LogP contribution in [0.3, 0.4) is 0 Å². The first kappa shape index (κ1) is 9.36. The molecule has 0 saturated carbocycles. The average molecular weight is 165 g/mol. The molecule has 10 heavy (non-hydrogen) atoms. The normalized spacial score (nSPS) is 15.4. The fourth-order valence-corrected chi connectivity index (χ4v) is 0.645. The van der Waals surface area contributed by atoms with Gasteiger partial charge >= 0.3 is 13.6 Å². The van der Waals surface area contributed by atoms with Crippen molar-refractivity contribution in [2.45, 2.75) is 0 Å². The molecule has 1 atom stereocenters. The van der Waals surface area contributed by atoms with Crippen molar-refractivity contribution in [1.29, 1.82) is 0 Å². The molecule has 6 heteroatoms. The lowest BCUT2D eigenvalue weighted by atomic mass is 10.7. The molecule has 0 rings (SSSR count). The molecule has 0 amide bonds. The van der Waals surface area contributed by atoms with E-state index < -0.39 is 19.9 Å². The predicted octanol–water partition coefficient (Wildman–Crippen LogP) is -0.183. The van der Waals surface area contributed by atoms with Gasteiger partial charge in [0.05, 0.1) is 0 Å². The summed E-state index contributed by atoms with van der Waals surface area (Å²) in [5.41, 5.74) is 4.78. The van der Waals surface area contributed by atoms with E-state index in [4.69, 9.17) is 10.6 Å². The van der Waals surface area contributed by atoms with Crippen LogP contribution >= 0.6 is 7.60 Å². The van der Waals surface area contributed by atoms with Crippen molar-refractivity contribution in [1.82, 2.24) is 0 Å². The maximum atomic E-state index is 10.5. The molecule has 5 nitrogen and oxygen atoms in total. The van der Waals surface area contributed by atoms with E-state index in [-0.39, 0.29) is 0 Å². The molecular formula is C4H8NO4P. The lowest BCUT2D eigenvalue weighted by molar-refractivity contribution is -0.129. The summed E-state index contributed by atoms with van der Waals surface area (Å²) in [6.45, 7) is 3.03. The van der Waals surface area contributed by atoms with E-state index in [1.165, 1.54) is 0 Å². The molecule has 1 unspecified atom stereocenters. The van der Waals surface area contributed by atoms with E-state index >= 15 is 0 Å². The number of hydrogen-bond acceptors (Lipinski definition) is 4. The first-order valence-corrected chi connectivity index (χ1v) is 4.16. The minimum atomic E-state index is -3.89. The van der Waals surface area contributed by atoms with Gasteiger partial charge in [-0.2, -0.15) is 0 Å². The fraction of sp³-hybridized carbons (Fsp3) is 0.250. The molecule has 0 radical (unpaired) electrons. The predicted molar refractivity (Wildman–Crippen MR) is 35.2 cm³/mol. The molecular weight excluding hydrogens is 157 g/mol. The molecule has 0 spiro atoms. The van der Waals surface area contributed by atoms with Gasteiger partial charge in [-0.05, 0) is 0 Å². The average Bonchev–Trinajstić information content (AvgIpc) is 1.87. The third kappa shape index (κ3) is 3.40. The molecule has 0 aliphatic carbocycles. The Labute approximate surface area is 58.0 Å². The highest BCUT2D eigenvalue weighted by Gasteiger charge is 2.19. The van der Waals surface area contributed by atoms with Crippen LogP contribution in [0, 0.1) is 0 Å². The molecule has 0 heterocycles. The molecule has 0 saturated heterocycles. The number of carbonyl (C=O) groups is 1. The van der Waals surface area contributed by atoms with Gasteiger partial charge in [-0.1, -0.05) is 6.58 Å². The zero-order valence-corrected chi connectivity index (χ0v) is 6.08. The van der Waals surface area contributed by atoms with Gasteiger partial charge in [-0.3, -0.25) is 0 Å². The van der Waals surface area contributed by atoms with Gasteiger partial charge in [-0.25, -0.2) is 9.36 Å². The largest absolute Gasteiger partial charge is 0.392 e. The van der Waals surface area contributed by atoms with E-state index in [9.17, 15) is 9.36 Å². The fourth-order valence-electron chi connectivity index (χ4n) is 0.215. The summed E-state index contributed by atoms with van der Waals surface area (Å²) in [6, 6.07) is 0. The molecule has 0 aromatic heterocycles. The summed E-state index contributed by atoms with van der Waals surface area (Å²) in [5, 5.41) is 0. The first-order chi connectivity index (χ1) is 4.52. The molecule has 0 bridgehead atoms. The zero-order chi connectivity index (χ0) is 8.20. The highest BCUT2D eigenvalue weighted by atomic mass is 31.2. The van der Waals surface area contributed by atoms with Crippen LogP contribution in [0.2, 0.25) is 0 Å². The molecule has 0 fully saturated rings. The molecule has 58 valence electrons. The second-order valence-electron chi connectivity index (χ2n) is 1.43. The summed E-state index contributed by atoms with van der Waals surface area (Å²) in [5.74, 6) is -0.948. The Hall–Kier alpha value is -0.640. The van der Waals surface area contributed by atoms with E-state index in [0.29, 0.717) is 0 Å². The Morgan fingerprint density at radius 3 is 2.70 bits per heavy atom. The van der Waals surface area contributed by atoms with Crippen molar-refractivity contribution < 1.29 is 18.8 Å². The van der Waals surface area contributed by atoms with Gasteiger partial charge in [0.25, 0.3) is 0 Å². The minimum Gasteiger partial charge on any atom is -0.388 e. The Kier molecular flexibility index (Phi) is 3.28. The summed E-state index contributed by atoms with van der Waals surface area (Å²) in [6.07, 6.45) is 0.213. The quantitative estimate of drug-likeness (QED) is 0.447. The van der Waals surface area contributed by atoms with Crippen molar-refractivity contribution in [3.05, 3.63) is 12.7 Å². The SMILES string of the molecule is C=CC(=O)OP(=O)(O)CN. The van der Waals surface area contributed by atoms with Crippen LogP contribution in [0.4, 0.5) is 0 Å². The molecule has 0 aliphatic heterocycles. The van der Waals surface area contributed by atoms with Crippen LogP contribution in [0.5, 0.6) is 0 Å². The molecule has 3 N–H and O–H groups in total. The maximum Gasteiger partial charge on any atom is 0.392 e. The third-order valence-electron chi connectivity index (χ3n) is 0.630. The van der Waals surface area contributed by atoms with Crippen molar-refractivity contribution in [3.63, 3.8) is 0 Å². The van der Waals surface area contributed by atoms with E-state index in [2.05, 4.69) is 11.1 Å². The molecule has 0 aromatic rings. The van der Waals surface area contributed by atoms with Crippen LogP contribution in [-0.2, 0) is 13.9 Å². The summed E-state index contributed by atoms with van der Waals surface area (Å²) >= 11 is 0. The van der Waals surface area contributed by atoms with E-state index in [1.54, 1.807) is 0 Å². The van der Waals surface area contributed by atoms with Crippen molar-refractivity contribution >= 4 is 13.6 Å². The third-order valence-corrected chi connectivity index (χ3v) is 1.56. The van der Waals surface area contributed by atoms with Gasteiger partial charge in [0.1, 0.15) is 6.29 Å². The topological polar surface area (TPSA) is 89.6 Å². The monoisotopic (exact) mass is 165 g/mol. The summed E-state index contributed by atoms with van der Waals surface area (Å²) in [4.78, 5) is 18.8. The van der Waals surface area contributed by atoms with Gasteiger partial charge in [0.15, 0.2) is 0 Å². The van der Waals surface area contributed by atoms with Gasteiger partial charge in [0, 0.05) is 6.08 Å². The number of nitrogens with two attached hydrogens (primary N) is 1. The van der Waals surface area contributed by atoms with Gasteiger partial charge in [-0.15, -0.1) is 0 Å². The van der Waals surface area contributed by atoms with Crippen LogP contribution in [-0.4, -0.2) is 17.1 Å². The number of hydrogen-bond donors (Lipinski definition) is 2. The second-order valence-corrected chi connectivity index (χ2v) is 3.26. The number of carbonyl (C=O) groups excluding carboxylic acids is 1. The van der Waals surface area contributed by atoms with Crippen LogP contribution in [0.25, 0.3) is 0 Å². The highest BCUT2D eigenvalue weighted by molar-refractivity contribution is 7.53. The first-order valence-electron chi connectivity index (χ1n) is 2.39. The van der Waals surface area contributed by atoms with Gasteiger partial charge in [0.2, 0.25) is 0 Å². The second kappa shape index (κ2) is 3.51. The lowest BCUT2D eigenvalue weighted by Gasteiger charge is -2.06. The Morgan fingerprint density at radius 2 is 2.40 bits per heavy atom. The Bertz CT molecular complexity index is 190. The van der Waals surface area contributed by atoms with Crippen LogP contribution in [0.1, 0.15) is 0 Å². The van der Waals surface area contributed by atoms with E-state index in [1.807, 2.05) is 0 Å². The standard InChI is InChI=1S/C4H8NO4P/c1-2-4(6)9-10(7,8)3-5/h2H,1,3,5H2,(H,7,8). The molecule has 0 aliphatic rings. The molecule has 0 aromatic carbocycles. The maximum absolute atomic E-state index is 10.5. The van der Waals surface area contributed by atoms with Crippen molar-refractivity contribution in [2.75, 3.05) is 6.29 Å². The van der Waals surface area contributed by atoms with Crippen LogP contribution < -0.4 is 5.73 Å². The Balaban J connectivity index is 4.01. The highest BCUT2D eigenvalue weighted by Crippen LogP contribution is 2.39. The zero-order valence-electron chi connectivity index (χ0n) is 5.19. The summed E-state index contributed by atoms with van der Waals surface area (Å²) in [7, 11) is -3.89. The lowest BCUT2D eigenvalue weighted by Crippen LogP contribution is -2.06. The van der Waals surface area contributed by atoms with Gasteiger partial charge < -0.3 is 15.2 Å². The van der Waals surface area contributed by atoms with E-state index in [0.717, 1.165) is 6.08 Å². The Morgan fingerprint density at radius 1 is 1.90 bits per heavy atom. The summed E-state index contributed by atoms with van der Waals surface area (Å²) < 4.78 is 14.5. The smallest absolute Gasteiger partial charge is 0.388 e.